The first-order valence-electron chi connectivity index (χ1n) is 9.88. The molecule has 0 aliphatic carbocycles. The van der Waals surface area contributed by atoms with Crippen molar-refractivity contribution in [2.45, 2.75) is 53.4 Å². The predicted octanol–water partition coefficient (Wildman–Crippen LogP) is 7.40. The molecule has 0 N–H and O–H groups in total. The highest BCUT2D eigenvalue weighted by atomic mass is 32.1. The van der Waals surface area contributed by atoms with Gasteiger partial charge in [-0.25, -0.2) is 9.97 Å². The van der Waals surface area contributed by atoms with Crippen molar-refractivity contribution in [2.75, 3.05) is 0 Å². The maximum absolute atomic E-state index is 4.72. The zero-order valence-electron chi connectivity index (χ0n) is 17.6. The standard InChI is InChI=1S/C25H28N2S/c1-24(2,3)13-18-14-28-23-21(26-15-27-22(18)23)17-11-16-9-7-8-10-19(16)20(12-17)25(4,5)6/h7-12,14-15H,13H2,1-6H3. The molecule has 0 bridgehead atoms. The monoisotopic (exact) mass is 388 g/mol. The van der Waals surface area contributed by atoms with Gasteiger partial charge in [-0.1, -0.05) is 65.8 Å². The van der Waals surface area contributed by atoms with Crippen LogP contribution in [0.1, 0.15) is 52.7 Å². The fraction of sp³-hybridized carbons (Fsp3) is 0.360. The Balaban J connectivity index is 1.95. The van der Waals surface area contributed by atoms with E-state index in [4.69, 9.17) is 4.98 Å². The van der Waals surface area contributed by atoms with Gasteiger partial charge >= 0.3 is 0 Å². The van der Waals surface area contributed by atoms with E-state index < -0.39 is 0 Å². The highest BCUT2D eigenvalue weighted by Gasteiger charge is 2.21. The molecule has 28 heavy (non-hydrogen) atoms. The second kappa shape index (κ2) is 6.66. The largest absolute Gasteiger partial charge is 0.235 e. The Morgan fingerprint density at radius 2 is 1.68 bits per heavy atom. The fourth-order valence-corrected chi connectivity index (χ4v) is 4.90. The zero-order valence-corrected chi connectivity index (χ0v) is 18.4. The van der Waals surface area contributed by atoms with Crippen LogP contribution < -0.4 is 0 Å². The van der Waals surface area contributed by atoms with Gasteiger partial charge in [0.2, 0.25) is 0 Å². The molecule has 0 saturated heterocycles. The molecule has 4 rings (SSSR count). The molecule has 0 aliphatic rings. The Morgan fingerprint density at radius 1 is 0.929 bits per heavy atom. The van der Waals surface area contributed by atoms with Gasteiger partial charge in [-0.15, -0.1) is 11.3 Å². The van der Waals surface area contributed by atoms with Gasteiger partial charge in [-0.05, 0) is 56.7 Å². The van der Waals surface area contributed by atoms with Gasteiger partial charge < -0.3 is 0 Å². The minimum absolute atomic E-state index is 0.0641. The van der Waals surface area contributed by atoms with Crippen molar-refractivity contribution in [3.05, 3.63) is 59.2 Å². The van der Waals surface area contributed by atoms with E-state index >= 15 is 0 Å². The summed E-state index contributed by atoms with van der Waals surface area (Å²) in [6, 6.07) is 13.3. The third-order valence-electron chi connectivity index (χ3n) is 5.09. The van der Waals surface area contributed by atoms with Crippen molar-refractivity contribution >= 4 is 32.3 Å². The Bertz CT molecular complexity index is 1160. The molecular weight excluding hydrogens is 360 g/mol. The summed E-state index contributed by atoms with van der Waals surface area (Å²) in [5, 5.41) is 4.85. The van der Waals surface area contributed by atoms with E-state index in [0.29, 0.717) is 0 Å². The molecule has 0 aliphatic heterocycles. The summed E-state index contributed by atoms with van der Waals surface area (Å²) in [6.07, 6.45) is 2.75. The molecule has 0 atom stereocenters. The van der Waals surface area contributed by atoms with Crippen LogP contribution in [-0.4, -0.2) is 9.97 Å². The van der Waals surface area contributed by atoms with Crippen molar-refractivity contribution < 1.29 is 0 Å². The number of nitrogens with zero attached hydrogens (tertiary/aromatic N) is 2. The van der Waals surface area contributed by atoms with E-state index in [1.807, 2.05) is 0 Å². The van der Waals surface area contributed by atoms with E-state index in [0.717, 1.165) is 17.6 Å². The van der Waals surface area contributed by atoms with E-state index in [1.165, 1.54) is 32.2 Å². The third-order valence-corrected chi connectivity index (χ3v) is 6.12. The van der Waals surface area contributed by atoms with E-state index in [1.54, 1.807) is 17.7 Å². The number of benzene rings is 2. The van der Waals surface area contributed by atoms with Crippen LogP contribution in [0.5, 0.6) is 0 Å². The average molecular weight is 389 g/mol. The summed E-state index contributed by atoms with van der Waals surface area (Å²) < 4.78 is 1.19. The molecule has 4 aromatic rings. The molecule has 0 unspecified atom stereocenters. The first kappa shape index (κ1) is 19.1. The van der Waals surface area contributed by atoms with Crippen molar-refractivity contribution in [3.8, 4) is 11.3 Å². The molecule has 0 radical (unpaired) electrons. The van der Waals surface area contributed by atoms with Crippen LogP contribution >= 0.6 is 11.3 Å². The molecule has 0 saturated carbocycles. The lowest BCUT2D eigenvalue weighted by atomic mass is 9.82. The predicted molar refractivity (Wildman–Crippen MR) is 122 cm³/mol. The van der Waals surface area contributed by atoms with Gasteiger partial charge in [-0.2, -0.15) is 0 Å². The van der Waals surface area contributed by atoms with Gasteiger partial charge in [-0.3, -0.25) is 0 Å². The molecule has 2 aromatic carbocycles. The Labute approximate surface area is 171 Å². The summed E-state index contributed by atoms with van der Waals surface area (Å²) in [6.45, 7) is 13.7. The fourth-order valence-electron chi connectivity index (χ4n) is 3.87. The summed E-state index contributed by atoms with van der Waals surface area (Å²) in [5.74, 6) is 0. The van der Waals surface area contributed by atoms with Gasteiger partial charge in [0, 0.05) is 5.56 Å². The van der Waals surface area contributed by atoms with Crippen LogP contribution in [0.25, 0.3) is 32.2 Å². The van der Waals surface area contributed by atoms with Crippen LogP contribution in [-0.2, 0) is 11.8 Å². The maximum Gasteiger partial charge on any atom is 0.116 e. The first-order chi connectivity index (χ1) is 13.1. The van der Waals surface area contributed by atoms with Crippen LogP contribution in [0, 0.1) is 5.41 Å². The maximum atomic E-state index is 4.72. The zero-order chi connectivity index (χ0) is 20.1. The first-order valence-corrected chi connectivity index (χ1v) is 10.8. The lowest BCUT2D eigenvalue weighted by molar-refractivity contribution is 0.413. The molecule has 3 heteroatoms. The molecule has 0 spiro atoms. The number of fused-ring (bicyclic) bond motifs is 2. The highest BCUT2D eigenvalue weighted by Crippen LogP contribution is 2.38. The molecular formula is C25H28N2S. The second-order valence-electron chi connectivity index (χ2n) is 9.89. The Morgan fingerprint density at radius 3 is 2.39 bits per heavy atom. The van der Waals surface area contributed by atoms with E-state index in [9.17, 15) is 0 Å². The van der Waals surface area contributed by atoms with Gasteiger partial charge in [0.25, 0.3) is 0 Å². The highest BCUT2D eigenvalue weighted by molar-refractivity contribution is 7.17. The summed E-state index contributed by atoms with van der Waals surface area (Å²) >= 11 is 1.77. The second-order valence-corrected chi connectivity index (χ2v) is 10.8. The van der Waals surface area contributed by atoms with Gasteiger partial charge in [0.1, 0.15) is 6.33 Å². The van der Waals surface area contributed by atoms with Gasteiger partial charge in [0.05, 0.1) is 15.9 Å². The minimum atomic E-state index is 0.0641. The number of thiophene rings is 1. The lowest BCUT2D eigenvalue weighted by Gasteiger charge is -2.22. The SMILES string of the molecule is CC(C)(C)Cc1csc2c(-c3cc(C(C)(C)C)c4ccccc4c3)ncnc12. The van der Waals surface area contributed by atoms with E-state index in [-0.39, 0.29) is 10.8 Å². The quantitative estimate of drug-likeness (QED) is 0.357. The van der Waals surface area contributed by atoms with Crippen molar-refractivity contribution in [3.63, 3.8) is 0 Å². The summed E-state index contributed by atoms with van der Waals surface area (Å²) in [5.41, 5.74) is 6.32. The van der Waals surface area contributed by atoms with Crippen LogP contribution in [0.3, 0.4) is 0 Å². The number of hydrogen-bond acceptors (Lipinski definition) is 3. The minimum Gasteiger partial charge on any atom is -0.235 e. The van der Waals surface area contributed by atoms with Crippen molar-refractivity contribution in [1.29, 1.82) is 0 Å². The lowest BCUT2D eigenvalue weighted by Crippen LogP contribution is -2.12. The molecule has 0 fully saturated rings. The molecule has 0 amide bonds. The normalized spacial score (nSPS) is 12.8. The molecule has 2 aromatic heterocycles. The number of aromatic nitrogens is 2. The molecule has 144 valence electrons. The van der Waals surface area contributed by atoms with Crippen LogP contribution in [0.4, 0.5) is 0 Å². The molecule has 2 nitrogen and oxygen atoms in total. The van der Waals surface area contributed by atoms with Crippen molar-refractivity contribution in [2.24, 2.45) is 5.41 Å². The smallest absolute Gasteiger partial charge is 0.116 e. The van der Waals surface area contributed by atoms with Crippen molar-refractivity contribution in [1.82, 2.24) is 9.97 Å². The average Bonchev–Trinajstić information content (AvgIpc) is 3.01. The summed E-state index contributed by atoms with van der Waals surface area (Å²) in [7, 11) is 0. The number of hydrogen-bond donors (Lipinski definition) is 0. The van der Waals surface area contributed by atoms with E-state index in [2.05, 4.69) is 88.3 Å². The van der Waals surface area contributed by atoms with Gasteiger partial charge in [0.15, 0.2) is 0 Å². The Kier molecular flexibility index (Phi) is 4.54. The Hall–Kier alpha value is -2.26. The summed E-state index contributed by atoms with van der Waals surface area (Å²) in [4.78, 5) is 9.36. The third kappa shape index (κ3) is 3.56. The van der Waals surface area contributed by atoms with Crippen LogP contribution in [0.2, 0.25) is 0 Å². The van der Waals surface area contributed by atoms with Crippen LogP contribution in [0.15, 0.2) is 48.1 Å². The molecule has 2 heterocycles. The topological polar surface area (TPSA) is 25.8 Å². The number of rotatable bonds is 2.